The maximum Gasteiger partial charge on any atom is 0.241 e. The third-order valence-corrected chi connectivity index (χ3v) is 4.32. The third kappa shape index (κ3) is 3.53. The predicted molar refractivity (Wildman–Crippen MR) is 89.9 cm³/mol. The molecule has 0 aromatic carbocycles. The molecule has 6 heteroatoms. The Hall–Kier alpha value is -2.50. The molecule has 0 bridgehead atoms. The largest absolute Gasteiger partial charge is 0.435 e. The molecule has 126 valence electrons. The lowest BCUT2D eigenvalue weighted by molar-refractivity contribution is -0.132. The number of pyridine rings is 1. The summed E-state index contributed by atoms with van der Waals surface area (Å²) < 4.78 is 5.98. The fourth-order valence-electron chi connectivity index (χ4n) is 3.03. The summed E-state index contributed by atoms with van der Waals surface area (Å²) in [5.41, 5.74) is 1.62. The molecule has 1 fully saturated rings. The first kappa shape index (κ1) is 16.4. The summed E-state index contributed by atoms with van der Waals surface area (Å²) in [6.07, 6.45) is 7.52. The van der Waals surface area contributed by atoms with Crippen LogP contribution in [0.3, 0.4) is 0 Å². The van der Waals surface area contributed by atoms with E-state index in [2.05, 4.69) is 15.0 Å². The Morgan fingerprint density at radius 1 is 1.29 bits per heavy atom. The van der Waals surface area contributed by atoms with Gasteiger partial charge in [0, 0.05) is 44.0 Å². The SMILES string of the molecule is CCC(=O)N1CCC[C@@H](c2nccnc2Oc2cccnc2C)C1. The lowest BCUT2D eigenvalue weighted by Gasteiger charge is -2.32. The molecule has 0 spiro atoms. The number of likely N-dealkylation sites (tertiary alicyclic amines) is 1. The zero-order chi connectivity index (χ0) is 16.9. The van der Waals surface area contributed by atoms with E-state index in [1.807, 2.05) is 30.9 Å². The van der Waals surface area contributed by atoms with Crippen LogP contribution in [0.5, 0.6) is 11.6 Å². The third-order valence-electron chi connectivity index (χ3n) is 4.32. The van der Waals surface area contributed by atoms with Gasteiger partial charge in [-0.3, -0.25) is 14.8 Å². The van der Waals surface area contributed by atoms with Crippen molar-refractivity contribution >= 4 is 5.91 Å². The number of carbonyl (C=O) groups is 1. The van der Waals surface area contributed by atoms with Crippen molar-refractivity contribution in [1.29, 1.82) is 0 Å². The van der Waals surface area contributed by atoms with Crippen molar-refractivity contribution < 1.29 is 9.53 Å². The van der Waals surface area contributed by atoms with E-state index in [-0.39, 0.29) is 11.8 Å². The van der Waals surface area contributed by atoms with Gasteiger partial charge in [0.2, 0.25) is 11.8 Å². The average molecular weight is 326 g/mol. The number of aryl methyl sites for hydroxylation is 1. The number of rotatable bonds is 4. The Kier molecular flexibility index (Phi) is 5.03. The fourth-order valence-corrected chi connectivity index (χ4v) is 3.03. The van der Waals surface area contributed by atoms with E-state index in [0.29, 0.717) is 24.6 Å². The van der Waals surface area contributed by atoms with Gasteiger partial charge in [-0.15, -0.1) is 0 Å². The van der Waals surface area contributed by atoms with Gasteiger partial charge in [-0.2, -0.15) is 0 Å². The Labute approximate surface area is 141 Å². The normalized spacial score (nSPS) is 17.6. The minimum absolute atomic E-state index is 0.148. The van der Waals surface area contributed by atoms with E-state index in [1.54, 1.807) is 18.6 Å². The van der Waals surface area contributed by atoms with Gasteiger partial charge < -0.3 is 9.64 Å². The molecular weight excluding hydrogens is 304 g/mol. The monoisotopic (exact) mass is 326 g/mol. The zero-order valence-electron chi connectivity index (χ0n) is 14.1. The highest BCUT2D eigenvalue weighted by atomic mass is 16.5. The Balaban J connectivity index is 1.84. The van der Waals surface area contributed by atoms with Crippen LogP contribution in [0, 0.1) is 6.92 Å². The maximum absolute atomic E-state index is 12.0. The molecule has 0 unspecified atom stereocenters. The molecule has 1 atom stereocenters. The number of amides is 1. The number of piperidine rings is 1. The maximum atomic E-state index is 12.0. The summed E-state index contributed by atoms with van der Waals surface area (Å²) in [7, 11) is 0. The van der Waals surface area contributed by atoms with Gasteiger partial charge in [0.25, 0.3) is 0 Å². The van der Waals surface area contributed by atoms with Crippen molar-refractivity contribution in [1.82, 2.24) is 19.9 Å². The van der Waals surface area contributed by atoms with Gasteiger partial charge in [0.05, 0.1) is 5.69 Å². The van der Waals surface area contributed by atoms with Crippen molar-refractivity contribution in [3.8, 4) is 11.6 Å². The van der Waals surface area contributed by atoms with Crippen LogP contribution in [0.4, 0.5) is 0 Å². The minimum atomic E-state index is 0.148. The number of hydrogen-bond donors (Lipinski definition) is 0. The molecule has 0 aliphatic carbocycles. The number of carbonyl (C=O) groups excluding carboxylic acids is 1. The van der Waals surface area contributed by atoms with Crippen molar-refractivity contribution in [3.05, 3.63) is 42.1 Å². The summed E-state index contributed by atoms with van der Waals surface area (Å²) >= 11 is 0. The molecule has 2 aromatic rings. The van der Waals surface area contributed by atoms with Gasteiger partial charge in [-0.25, -0.2) is 4.98 Å². The van der Waals surface area contributed by atoms with Gasteiger partial charge in [-0.05, 0) is 31.9 Å². The standard InChI is InChI=1S/C18H22N4O2/c1-3-16(23)22-11-5-6-14(12-22)17-18(21-10-9-20-17)24-15-7-4-8-19-13(15)2/h4,7-10,14H,3,5-6,11-12H2,1-2H3/t14-/m1/s1. The molecule has 1 aliphatic heterocycles. The number of hydrogen-bond acceptors (Lipinski definition) is 5. The molecule has 0 N–H and O–H groups in total. The molecule has 3 rings (SSSR count). The molecule has 0 saturated carbocycles. The minimum Gasteiger partial charge on any atom is -0.435 e. The van der Waals surface area contributed by atoms with Gasteiger partial charge >= 0.3 is 0 Å². The molecule has 3 heterocycles. The average Bonchev–Trinajstić information content (AvgIpc) is 2.63. The highest BCUT2D eigenvalue weighted by Crippen LogP contribution is 2.33. The van der Waals surface area contributed by atoms with Crippen LogP contribution in [0.25, 0.3) is 0 Å². The molecule has 0 radical (unpaired) electrons. The van der Waals surface area contributed by atoms with Gasteiger partial charge in [0.15, 0.2) is 5.75 Å². The molecule has 2 aromatic heterocycles. The van der Waals surface area contributed by atoms with Crippen LogP contribution in [0.2, 0.25) is 0 Å². The highest BCUT2D eigenvalue weighted by molar-refractivity contribution is 5.76. The van der Waals surface area contributed by atoms with Crippen LogP contribution in [-0.4, -0.2) is 38.8 Å². The Morgan fingerprint density at radius 2 is 2.12 bits per heavy atom. The quantitative estimate of drug-likeness (QED) is 0.863. The lowest BCUT2D eigenvalue weighted by Crippen LogP contribution is -2.39. The molecule has 1 saturated heterocycles. The smallest absolute Gasteiger partial charge is 0.241 e. The topological polar surface area (TPSA) is 68.2 Å². The van der Waals surface area contributed by atoms with Crippen molar-refractivity contribution in [2.75, 3.05) is 13.1 Å². The second kappa shape index (κ2) is 7.38. The molecule has 6 nitrogen and oxygen atoms in total. The van der Waals surface area contributed by atoms with E-state index >= 15 is 0 Å². The highest BCUT2D eigenvalue weighted by Gasteiger charge is 2.27. The molecule has 1 amide bonds. The molecular formula is C18H22N4O2. The van der Waals surface area contributed by atoms with Crippen molar-refractivity contribution in [3.63, 3.8) is 0 Å². The fraction of sp³-hybridized carbons (Fsp3) is 0.444. The first-order chi connectivity index (χ1) is 11.7. The van der Waals surface area contributed by atoms with E-state index in [1.165, 1.54) is 0 Å². The molecule has 24 heavy (non-hydrogen) atoms. The van der Waals surface area contributed by atoms with Crippen LogP contribution < -0.4 is 4.74 Å². The summed E-state index contributed by atoms with van der Waals surface area (Å²) in [6, 6.07) is 3.70. The Morgan fingerprint density at radius 3 is 2.92 bits per heavy atom. The van der Waals surface area contributed by atoms with Crippen LogP contribution >= 0.6 is 0 Å². The first-order valence-corrected chi connectivity index (χ1v) is 8.37. The van der Waals surface area contributed by atoms with Gasteiger partial charge in [0.1, 0.15) is 5.69 Å². The second-order valence-corrected chi connectivity index (χ2v) is 5.97. The van der Waals surface area contributed by atoms with E-state index in [0.717, 1.165) is 30.8 Å². The number of nitrogens with zero attached hydrogens (tertiary/aromatic N) is 4. The Bertz CT molecular complexity index is 720. The summed E-state index contributed by atoms with van der Waals surface area (Å²) in [5.74, 6) is 1.52. The van der Waals surface area contributed by atoms with Crippen LogP contribution in [-0.2, 0) is 4.79 Å². The van der Waals surface area contributed by atoms with Crippen molar-refractivity contribution in [2.24, 2.45) is 0 Å². The number of aromatic nitrogens is 3. The van der Waals surface area contributed by atoms with Crippen LogP contribution in [0.1, 0.15) is 43.5 Å². The summed E-state index contributed by atoms with van der Waals surface area (Å²) in [4.78, 5) is 27.0. The van der Waals surface area contributed by atoms with Crippen molar-refractivity contribution in [2.45, 2.75) is 39.0 Å². The predicted octanol–water partition coefficient (Wildman–Crippen LogP) is 3.09. The van der Waals surface area contributed by atoms with E-state index < -0.39 is 0 Å². The molecule has 1 aliphatic rings. The van der Waals surface area contributed by atoms with E-state index in [4.69, 9.17) is 4.74 Å². The number of ether oxygens (including phenoxy) is 1. The van der Waals surface area contributed by atoms with Crippen LogP contribution in [0.15, 0.2) is 30.7 Å². The van der Waals surface area contributed by atoms with Gasteiger partial charge in [-0.1, -0.05) is 6.92 Å². The summed E-state index contributed by atoms with van der Waals surface area (Å²) in [6.45, 7) is 5.29. The van der Waals surface area contributed by atoms with E-state index in [9.17, 15) is 4.79 Å². The lowest BCUT2D eigenvalue weighted by atomic mass is 9.94. The first-order valence-electron chi connectivity index (χ1n) is 8.37. The second-order valence-electron chi connectivity index (χ2n) is 5.97. The zero-order valence-corrected chi connectivity index (χ0v) is 14.1. The summed E-state index contributed by atoms with van der Waals surface area (Å²) in [5, 5.41) is 0.